The molecule has 3 heteroatoms. The van der Waals surface area contributed by atoms with E-state index in [-0.39, 0.29) is 5.37 Å². The van der Waals surface area contributed by atoms with E-state index in [1.54, 1.807) is 11.8 Å². The highest BCUT2D eigenvalue weighted by molar-refractivity contribution is 7.99. The zero-order valence-corrected chi connectivity index (χ0v) is 9.40. The van der Waals surface area contributed by atoms with Crippen LogP contribution in [-0.4, -0.2) is 5.37 Å². The average molecular weight is 216 g/mol. The molecule has 0 aliphatic rings. The SMILES string of the molecule is CC(C)C(N)Sc1ccc(Cl)cc1. The van der Waals surface area contributed by atoms with Gasteiger partial charge in [0.05, 0.1) is 5.37 Å². The standard InChI is InChI=1S/C10H14ClNS/c1-7(2)10(12)13-9-5-3-8(11)4-6-9/h3-7,10H,12H2,1-2H3. The van der Waals surface area contributed by atoms with Gasteiger partial charge in [0.1, 0.15) is 0 Å². The predicted molar refractivity (Wildman–Crippen MR) is 60.1 cm³/mol. The summed E-state index contributed by atoms with van der Waals surface area (Å²) >= 11 is 7.45. The van der Waals surface area contributed by atoms with Gasteiger partial charge in [-0.1, -0.05) is 25.4 Å². The summed E-state index contributed by atoms with van der Waals surface area (Å²) in [5, 5.41) is 0.920. The van der Waals surface area contributed by atoms with Crippen molar-refractivity contribution in [3.8, 4) is 0 Å². The molecule has 1 atom stereocenters. The lowest BCUT2D eigenvalue weighted by Crippen LogP contribution is -2.21. The van der Waals surface area contributed by atoms with Gasteiger partial charge in [0, 0.05) is 9.92 Å². The molecule has 1 aromatic carbocycles. The third-order valence-electron chi connectivity index (χ3n) is 1.74. The maximum atomic E-state index is 5.92. The maximum absolute atomic E-state index is 5.92. The summed E-state index contributed by atoms with van der Waals surface area (Å²) in [5.74, 6) is 0.487. The quantitative estimate of drug-likeness (QED) is 0.618. The Kier molecular flexibility index (Phi) is 4.10. The molecule has 0 bridgehead atoms. The Morgan fingerprint density at radius 3 is 2.23 bits per heavy atom. The zero-order valence-electron chi connectivity index (χ0n) is 7.83. The van der Waals surface area contributed by atoms with Crippen LogP contribution in [0.15, 0.2) is 29.2 Å². The summed E-state index contributed by atoms with van der Waals surface area (Å²) in [6.45, 7) is 4.24. The molecule has 1 nitrogen and oxygen atoms in total. The van der Waals surface area contributed by atoms with Crippen molar-refractivity contribution in [1.29, 1.82) is 0 Å². The van der Waals surface area contributed by atoms with Crippen LogP contribution in [0.4, 0.5) is 0 Å². The van der Waals surface area contributed by atoms with Crippen molar-refractivity contribution >= 4 is 23.4 Å². The van der Waals surface area contributed by atoms with Gasteiger partial charge in [-0.2, -0.15) is 0 Å². The van der Waals surface area contributed by atoms with E-state index in [0.717, 1.165) is 5.02 Å². The van der Waals surface area contributed by atoms with E-state index >= 15 is 0 Å². The van der Waals surface area contributed by atoms with Gasteiger partial charge in [-0.05, 0) is 30.2 Å². The Balaban J connectivity index is 2.59. The molecule has 0 aromatic heterocycles. The van der Waals surface area contributed by atoms with E-state index in [0.29, 0.717) is 5.92 Å². The van der Waals surface area contributed by atoms with E-state index in [4.69, 9.17) is 17.3 Å². The molecule has 0 amide bonds. The van der Waals surface area contributed by atoms with Crippen LogP contribution in [0, 0.1) is 5.92 Å². The summed E-state index contributed by atoms with van der Waals surface area (Å²) < 4.78 is 0. The molecule has 1 aromatic rings. The second-order valence-electron chi connectivity index (χ2n) is 3.28. The first kappa shape index (κ1) is 10.9. The van der Waals surface area contributed by atoms with E-state index in [2.05, 4.69) is 13.8 Å². The van der Waals surface area contributed by atoms with Gasteiger partial charge in [0.2, 0.25) is 0 Å². The summed E-state index contributed by atoms with van der Waals surface area (Å²) in [4.78, 5) is 1.17. The molecule has 0 saturated carbocycles. The van der Waals surface area contributed by atoms with Crippen molar-refractivity contribution in [2.24, 2.45) is 11.7 Å². The molecule has 0 aliphatic heterocycles. The molecule has 1 rings (SSSR count). The fourth-order valence-corrected chi connectivity index (χ4v) is 1.81. The van der Waals surface area contributed by atoms with Crippen molar-refractivity contribution in [3.63, 3.8) is 0 Å². The van der Waals surface area contributed by atoms with Gasteiger partial charge >= 0.3 is 0 Å². The third kappa shape index (κ3) is 3.59. The van der Waals surface area contributed by atoms with Gasteiger partial charge < -0.3 is 5.73 Å². The number of thioether (sulfide) groups is 1. The number of hydrogen-bond donors (Lipinski definition) is 1. The van der Waals surface area contributed by atoms with Crippen LogP contribution in [0.1, 0.15) is 13.8 Å². The largest absolute Gasteiger partial charge is 0.319 e. The Hall–Kier alpha value is -0.180. The van der Waals surface area contributed by atoms with Crippen molar-refractivity contribution in [3.05, 3.63) is 29.3 Å². The summed E-state index contributed by atoms with van der Waals surface area (Å²) in [6, 6.07) is 7.76. The van der Waals surface area contributed by atoms with Crippen LogP contribution in [-0.2, 0) is 0 Å². The van der Waals surface area contributed by atoms with Crippen molar-refractivity contribution in [2.45, 2.75) is 24.1 Å². The van der Waals surface area contributed by atoms with Gasteiger partial charge in [-0.15, -0.1) is 11.8 Å². The number of rotatable bonds is 3. The number of halogens is 1. The van der Waals surface area contributed by atoms with Crippen LogP contribution in [0.3, 0.4) is 0 Å². The normalized spacial score (nSPS) is 13.3. The first-order chi connectivity index (χ1) is 6.09. The van der Waals surface area contributed by atoms with Crippen molar-refractivity contribution in [1.82, 2.24) is 0 Å². The third-order valence-corrected chi connectivity index (χ3v) is 3.36. The highest BCUT2D eigenvalue weighted by atomic mass is 35.5. The number of benzene rings is 1. The lowest BCUT2D eigenvalue weighted by atomic mass is 10.2. The second-order valence-corrected chi connectivity index (χ2v) is 4.97. The molecule has 13 heavy (non-hydrogen) atoms. The summed E-state index contributed by atoms with van der Waals surface area (Å²) in [5.41, 5.74) is 5.92. The molecule has 0 radical (unpaired) electrons. The smallest absolute Gasteiger partial charge is 0.0577 e. The highest BCUT2D eigenvalue weighted by Gasteiger charge is 2.08. The molecule has 0 spiro atoms. The van der Waals surface area contributed by atoms with Gasteiger partial charge in [0.15, 0.2) is 0 Å². The average Bonchev–Trinajstić information content (AvgIpc) is 2.08. The van der Waals surface area contributed by atoms with E-state index < -0.39 is 0 Å². The number of hydrogen-bond acceptors (Lipinski definition) is 2. The van der Waals surface area contributed by atoms with Crippen LogP contribution in [0.2, 0.25) is 5.02 Å². The van der Waals surface area contributed by atoms with Crippen molar-refractivity contribution in [2.75, 3.05) is 0 Å². The first-order valence-corrected chi connectivity index (χ1v) is 5.53. The van der Waals surface area contributed by atoms with Crippen LogP contribution in [0.25, 0.3) is 0 Å². The minimum atomic E-state index is 0.154. The van der Waals surface area contributed by atoms with Gasteiger partial charge in [-0.25, -0.2) is 0 Å². The number of nitrogens with two attached hydrogens (primary N) is 1. The topological polar surface area (TPSA) is 26.0 Å². The summed E-state index contributed by atoms with van der Waals surface area (Å²) in [6.07, 6.45) is 0. The van der Waals surface area contributed by atoms with Gasteiger partial charge in [-0.3, -0.25) is 0 Å². The Morgan fingerprint density at radius 2 is 1.77 bits per heavy atom. The van der Waals surface area contributed by atoms with Crippen LogP contribution >= 0.6 is 23.4 Å². The van der Waals surface area contributed by atoms with Crippen molar-refractivity contribution < 1.29 is 0 Å². The van der Waals surface area contributed by atoms with E-state index in [9.17, 15) is 0 Å². The van der Waals surface area contributed by atoms with Crippen LogP contribution < -0.4 is 5.73 Å². The maximum Gasteiger partial charge on any atom is 0.0577 e. The van der Waals surface area contributed by atoms with E-state index in [1.165, 1.54) is 4.90 Å². The molecule has 1 unspecified atom stereocenters. The molecule has 0 aliphatic carbocycles. The fourth-order valence-electron chi connectivity index (χ4n) is 0.806. The molecule has 0 fully saturated rings. The Bertz CT molecular complexity index is 258. The molecule has 0 heterocycles. The molecule has 0 saturated heterocycles. The van der Waals surface area contributed by atoms with E-state index in [1.807, 2.05) is 24.3 Å². The molecular formula is C10H14ClNS. The summed E-state index contributed by atoms with van der Waals surface area (Å²) in [7, 11) is 0. The van der Waals surface area contributed by atoms with Crippen LogP contribution in [0.5, 0.6) is 0 Å². The lowest BCUT2D eigenvalue weighted by Gasteiger charge is -2.14. The minimum Gasteiger partial charge on any atom is -0.319 e. The second kappa shape index (κ2) is 4.89. The predicted octanol–water partition coefficient (Wildman–Crippen LogP) is 3.37. The molecule has 2 N–H and O–H groups in total. The first-order valence-electron chi connectivity index (χ1n) is 4.27. The minimum absolute atomic E-state index is 0.154. The fraction of sp³-hybridized carbons (Fsp3) is 0.400. The molecule has 72 valence electrons. The van der Waals surface area contributed by atoms with Gasteiger partial charge in [0.25, 0.3) is 0 Å². The molecular weight excluding hydrogens is 202 g/mol. The monoisotopic (exact) mass is 215 g/mol. The Morgan fingerprint density at radius 1 is 1.23 bits per heavy atom. The Labute approximate surface area is 88.7 Å². The lowest BCUT2D eigenvalue weighted by molar-refractivity contribution is 0.624. The highest BCUT2D eigenvalue weighted by Crippen LogP contribution is 2.25. The zero-order chi connectivity index (χ0) is 9.84.